The standard InChI is InChI=1S/C8H17N/c1-3-4-5-6-7-8(2)9/h7H,3-6,9H2,1-2H3/b8-7-. The van der Waals surface area contributed by atoms with Gasteiger partial charge in [-0.1, -0.05) is 25.8 Å². The molecule has 0 unspecified atom stereocenters. The first-order valence-corrected chi connectivity index (χ1v) is 3.69. The normalized spacial score (nSPS) is 12.0. The highest BCUT2D eigenvalue weighted by Crippen LogP contribution is 2.00. The summed E-state index contributed by atoms with van der Waals surface area (Å²) in [5, 5.41) is 0. The van der Waals surface area contributed by atoms with Crippen molar-refractivity contribution in [3.05, 3.63) is 11.8 Å². The fraction of sp³-hybridized carbons (Fsp3) is 0.750. The van der Waals surface area contributed by atoms with E-state index in [0.29, 0.717) is 0 Å². The van der Waals surface area contributed by atoms with Crippen molar-refractivity contribution in [1.29, 1.82) is 0 Å². The lowest BCUT2D eigenvalue weighted by molar-refractivity contribution is 0.727. The molecule has 9 heavy (non-hydrogen) atoms. The largest absolute Gasteiger partial charge is 0.403 e. The van der Waals surface area contributed by atoms with Gasteiger partial charge in [0.1, 0.15) is 0 Å². The van der Waals surface area contributed by atoms with Crippen molar-refractivity contribution in [3.8, 4) is 0 Å². The predicted octanol–water partition coefficient (Wildman–Crippen LogP) is 2.43. The number of allylic oxidation sites excluding steroid dienone is 2. The Kier molecular flexibility index (Phi) is 5.38. The van der Waals surface area contributed by atoms with Gasteiger partial charge in [0, 0.05) is 5.70 Å². The summed E-state index contributed by atoms with van der Waals surface area (Å²) in [7, 11) is 0. The van der Waals surface area contributed by atoms with Crippen molar-refractivity contribution in [2.45, 2.75) is 39.5 Å². The van der Waals surface area contributed by atoms with Crippen LogP contribution in [-0.4, -0.2) is 0 Å². The number of rotatable bonds is 4. The maximum absolute atomic E-state index is 5.44. The van der Waals surface area contributed by atoms with Crippen LogP contribution in [0.4, 0.5) is 0 Å². The van der Waals surface area contributed by atoms with E-state index in [-0.39, 0.29) is 0 Å². The first kappa shape index (κ1) is 8.54. The van der Waals surface area contributed by atoms with Gasteiger partial charge in [-0.15, -0.1) is 0 Å². The van der Waals surface area contributed by atoms with Crippen LogP contribution in [0.3, 0.4) is 0 Å². The van der Waals surface area contributed by atoms with Crippen LogP contribution in [0, 0.1) is 0 Å². The number of hydrogen-bond donors (Lipinski definition) is 1. The number of hydrogen-bond acceptors (Lipinski definition) is 1. The molecule has 2 N–H and O–H groups in total. The highest BCUT2D eigenvalue weighted by atomic mass is 14.5. The van der Waals surface area contributed by atoms with Gasteiger partial charge >= 0.3 is 0 Å². The fourth-order valence-electron chi connectivity index (χ4n) is 0.724. The summed E-state index contributed by atoms with van der Waals surface area (Å²) in [6, 6.07) is 0. The Labute approximate surface area is 57.9 Å². The lowest BCUT2D eigenvalue weighted by atomic mass is 10.2. The molecule has 0 saturated carbocycles. The molecule has 0 aromatic heterocycles. The average molecular weight is 127 g/mol. The van der Waals surface area contributed by atoms with Crippen molar-refractivity contribution in [1.82, 2.24) is 0 Å². The van der Waals surface area contributed by atoms with Gasteiger partial charge < -0.3 is 5.73 Å². The first-order chi connectivity index (χ1) is 4.27. The molecule has 0 saturated heterocycles. The monoisotopic (exact) mass is 127 g/mol. The zero-order valence-corrected chi connectivity index (χ0v) is 6.48. The molecule has 0 aromatic rings. The van der Waals surface area contributed by atoms with Crippen LogP contribution in [-0.2, 0) is 0 Å². The van der Waals surface area contributed by atoms with Crippen molar-refractivity contribution in [2.75, 3.05) is 0 Å². The molecule has 54 valence electrons. The predicted molar refractivity (Wildman–Crippen MR) is 42.1 cm³/mol. The van der Waals surface area contributed by atoms with Crippen LogP contribution in [0.5, 0.6) is 0 Å². The van der Waals surface area contributed by atoms with Gasteiger partial charge in [-0.05, 0) is 19.8 Å². The van der Waals surface area contributed by atoms with E-state index in [0.717, 1.165) is 12.1 Å². The highest BCUT2D eigenvalue weighted by Gasteiger charge is 1.81. The Morgan fingerprint density at radius 2 is 2.11 bits per heavy atom. The third-order valence-electron chi connectivity index (χ3n) is 1.27. The lowest BCUT2D eigenvalue weighted by Crippen LogP contribution is -1.89. The van der Waals surface area contributed by atoms with Crippen LogP contribution in [0.2, 0.25) is 0 Å². The maximum atomic E-state index is 5.44. The van der Waals surface area contributed by atoms with Crippen LogP contribution < -0.4 is 5.73 Å². The molecule has 0 aromatic carbocycles. The second kappa shape index (κ2) is 5.67. The average Bonchev–Trinajstić information content (AvgIpc) is 1.80. The topological polar surface area (TPSA) is 26.0 Å². The van der Waals surface area contributed by atoms with E-state index in [4.69, 9.17) is 5.73 Å². The van der Waals surface area contributed by atoms with Crippen molar-refractivity contribution >= 4 is 0 Å². The molecule has 0 radical (unpaired) electrons. The third-order valence-corrected chi connectivity index (χ3v) is 1.27. The Hall–Kier alpha value is -0.460. The van der Waals surface area contributed by atoms with Crippen LogP contribution in [0.15, 0.2) is 11.8 Å². The molecule has 1 nitrogen and oxygen atoms in total. The summed E-state index contributed by atoms with van der Waals surface area (Å²) in [5.74, 6) is 0. The van der Waals surface area contributed by atoms with Crippen molar-refractivity contribution in [2.24, 2.45) is 5.73 Å². The van der Waals surface area contributed by atoms with Gasteiger partial charge in [0.2, 0.25) is 0 Å². The SMILES string of the molecule is CCCCC/C=C(/C)N. The molecular formula is C8H17N. The van der Waals surface area contributed by atoms with E-state index in [2.05, 4.69) is 13.0 Å². The summed E-state index contributed by atoms with van der Waals surface area (Å²) in [4.78, 5) is 0. The summed E-state index contributed by atoms with van der Waals surface area (Å²) < 4.78 is 0. The van der Waals surface area contributed by atoms with Gasteiger partial charge in [0.05, 0.1) is 0 Å². The molecule has 0 spiro atoms. The Balaban J connectivity index is 3.00. The highest BCUT2D eigenvalue weighted by molar-refractivity contribution is 4.90. The molecule has 0 rings (SSSR count). The smallest absolute Gasteiger partial charge is 0.000832 e. The molecule has 0 aliphatic rings. The van der Waals surface area contributed by atoms with Gasteiger partial charge in [0.25, 0.3) is 0 Å². The van der Waals surface area contributed by atoms with Gasteiger partial charge in [-0.3, -0.25) is 0 Å². The van der Waals surface area contributed by atoms with E-state index in [9.17, 15) is 0 Å². The summed E-state index contributed by atoms with van der Waals surface area (Å²) in [6.45, 7) is 4.14. The lowest BCUT2D eigenvalue weighted by Gasteiger charge is -1.92. The minimum atomic E-state index is 0.950. The van der Waals surface area contributed by atoms with Crippen molar-refractivity contribution < 1.29 is 0 Å². The molecule has 0 aliphatic heterocycles. The molecule has 1 heteroatoms. The molecule has 0 fully saturated rings. The van der Waals surface area contributed by atoms with E-state index >= 15 is 0 Å². The molecule has 0 atom stereocenters. The third kappa shape index (κ3) is 7.54. The van der Waals surface area contributed by atoms with Crippen LogP contribution in [0.25, 0.3) is 0 Å². The minimum Gasteiger partial charge on any atom is -0.403 e. The summed E-state index contributed by atoms with van der Waals surface area (Å²) in [6.07, 6.45) is 7.14. The van der Waals surface area contributed by atoms with E-state index in [1.165, 1.54) is 19.3 Å². The second-order valence-corrected chi connectivity index (χ2v) is 2.44. The first-order valence-electron chi connectivity index (χ1n) is 3.69. The van der Waals surface area contributed by atoms with Gasteiger partial charge in [-0.2, -0.15) is 0 Å². The number of nitrogens with two attached hydrogens (primary N) is 1. The molecule has 0 amide bonds. The second-order valence-electron chi connectivity index (χ2n) is 2.44. The number of unbranched alkanes of at least 4 members (excludes halogenated alkanes) is 3. The quantitative estimate of drug-likeness (QED) is 0.577. The Morgan fingerprint density at radius 1 is 1.44 bits per heavy atom. The van der Waals surface area contributed by atoms with Gasteiger partial charge in [-0.25, -0.2) is 0 Å². The van der Waals surface area contributed by atoms with Crippen LogP contribution >= 0.6 is 0 Å². The van der Waals surface area contributed by atoms with E-state index in [1.54, 1.807) is 0 Å². The van der Waals surface area contributed by atoms with Crippen LogP contribution in [0.1, 0.15) is 39.5 Å². The molecular weight excluding hydrogens is 110 g/mol. The maximum Gasteiger partial charge on any atom is 0.000832 e. The minimum absolute atomic E-state index is 0.950. The fourth-order valence-corrected chi connectivity index (χ4v) is 0.724. The Morgan fingerprint density at radius 3 is 2.56 bits per heavy atom. The van der Waals surface area contributed by atoms with E-state index < -0.39 is 0 Å². The summed E-state index contributed by atoms with van der Waals surface area (Å²) >= 11 is 0. The summed E-state index contributed by atoms with van der Waals surface area (Å²) in [5.41, 5.74) is 6.39. The molecule has 0 bridgehead atoms. The zero-order chi connectivity index (χ0) is 7.11. The van der Waals surface area contributed by atoms with Gasteiger partial charge in [0.15, 0.2) is 0 Å². The molecule has 0 aliphatic carbocycles. The molecule has 0 heterocycles. The zero-order valence-electron chi connectivity index (χ0n) is 6.48. The van der Waals surface area contributed by atoms with Crippen molar-refractivity contribution in [3.63, 3.8) is 0 Å². The van der Waals surface area contributed by atoms with E-state index in [1.807, 2.05) is 6.92 Å². The Bertz CT molecular complexity index is 80.6.